The van der Waals surface area contributed by atoms with Crippen LogP contribution in [0.4, 0.5) is 0 Å². The molecule has 0 bridgehead atoms. The number of carbonyl (C=O) groups is 1. The molecule has 142 valence electrons. The van der Waals surface area contributed by atoms with Gasteiger partial charge in [-0.1, -0.05) is 13.8 Å². The van der Waals surface area contributed by atoms with Gasteiger partial charge in [0.1, 0.15) is 28.9 Å². The van der Waals surface area contributed by atoms with Crippen LogP contribution in [0.3, 0.4) is 0 Å². The molecular formula is C20H21BrN2O4. The van der Waals surface area contributed by atoms with E-state index < -0.39 is 5.92 Å². The number of carbonyl (C=O) groups excluding carboxylic acids is 1. The zero-order valence-electron chi connectivity index (χ0n) is 15.7. The van der Waals surface area contributed by atoms with Crippen molar-refractivity contribution in [1.82, 2.24) is 0 Å². The Hall–Kier alpha value is -2.46. The highest BCUT2D eigenvalue weighted by Crippen LogP contribution is 2.50. The number of benzene rings is 1. The van der Waals surface area contributed by atoms with Crippen molar-refractivity contribution < 1.29 is 19.0 Å². The van der Waals surface area contributed by atoms with E-state index in [1.165, 1.54) is 7.11 Å². The van der Waals surface area contributed by atoms with Crippen molar-refractivity contribution in [3.05, 3.63) is 45.0 Å². The number of nitrogens with zero attached hydrogens (tertiary/aromatic N) is 1. The molecule has 7 heteroatoms. The highest BCUT2D eigenvalue weighted by Gasteiger charge is 2.44. The predicted molar refractivity (Wildman–Crippen MR) is 103 cm³/mol. The van der Waals surface area contributed by atoms with Crippen LogP contribution in [0.15, 0.2) is 39.4 Å². The Morgan fingerprint density at radius 2 is 1.93 bits per heavy atom. The molecule has 0 saturated carbocycles. The summed E-state index contributed by atoms with van der Waals surface area (Å²) in [5.74, 6) is 0.975. The normalized spacial score (nSPS) is 21.3. The van der Waals surface area contributed by atoms with E-state index in [1.807, 2.05) is 13.8 Å². The van der Waals surface area contributed by atoms with Crippen LogP contribution in [-0.2, 0) is 9.53 Å². The van der Waals surface area contributed by atoms with Crippen molar-refractivity contribution in [2.24, 2.45) is 11.1 Å². The molecule has 0 radical (unpaired) electrons. The van der Waals surface area contributed by atoms with E-state index in [2.05, 4.69) is 22.0 Å². The number of allylic oxidation sites excluding steroid dienone is 3. The predicted octanol–water partition coefficient (Wildman–Crippen LogP) is 3.92. The molecule has 0 amide bonds. The largest absolute Gasteiger partial charge is 0.496 e. The summed E-state index contributed by atoms with van der Waals surface area (Å²) in [6.07, 6.45) is 0.952. The molecule has 1 heterocycles. The Morgan fingerprint density at radius 3 is 2.52 bits per heavy atom. The van der Waals surface area contributed by atoms with Crippen LogP contribution in [0.25, 0.3) is 0 Å². The summed E-state index contributed by atoms with van der Waals surface area (Å²) in [7, 11) is 3.09. The van der Waals surface area contributed by atoms with Gasteiger partial charge in [-0.2, -0.15) is 5.26 Å². The molecule has 1 aromatic carbocycles. The fourth-order valence-electron chi connectivity index (χ4n) is 3.70. The molecule has 27 heavy (non-hydrogen) atoms. The number of nitrogens with two attached hydrogens (primary N) is 1. The van der Waals surface area contributed by atoms with Crippen LogP contribution in [-0.4, -0.2) is 20.0 Å². The first-order chi connectivity index (χ1) is 12.7. The van der Waals surface area contributed by atoms with Crippen molar-refractivity contribution >= 4 is 21.7 Å². The van der Waals surface area contributed by atoms with Gasteiger partial charge >= 0.3 is 0 Å². The summed E-state index contributed by atoms with van der Waals surface area (Å²) < 4.78 is 17.3. The van der Waals surface area contributed by atoms with Gasteiger partial charge in [0.25, 0.3) is 0 Å². The highest BCUT2D eigenvalue weighted by molar-refractivity contribution is 9.10. The zero-order chi connectivity index (χ0) is 19.9. The van der Waals surface area contributed by atoms with Crippen LogP contribution < -0.4 is 15.2 Å². The topological polar surface area (TPSA) is 94.6 Å². The Morgan fingerprint density at radius 1 is 1.26 bits per heavy atom. The molecule has 1 atom stereocenters. The smallest absolute Gasteiger partial charge is 0.205 e. The number of nitriles is 1. The molecular weight excluding hydrogens is 412 g/mol. The maximum atomic E-state index is 13.0. The Bertz CT molecular complexity index is 925. The van der Waals surface area contributed by atoms with Crippen LogP contribution >= 0.6 is 15.9 Å². The average molecular weight is 433 g/mol. The second kappa shape index (κ2) is 6.93. The molecule has 2 N–H and O–H groups in total. The van der Waals surface area contributed by atoms with Gasteiger partial charge < -0.3 is 19.9 Å². The third-order valence-corrected chi connectivity index (χ3v) is 5.51. The highest BCUT2D eigenvalue weighted by atomic mass is 79.9. The third-order valence-electron chi connectivity index (χ3n) is 4.89. The maximum Gasteiger partial charge on any atom is 0.205 e. The Labute approximate surface area is 166 Å². The lowest BCUT2D eigenvalue weighted by Crippen LogP contribution is -2.33. The monoisotopic (exact) mass is 432 g/mol. The van der Waals surface area contributed by atoms with Crippen LogP contribution in [0.2, 0.25) is 0 Å². The van der Waals surface area contributed by atoms with Crippen LogP contribution in [0, 0.1) is 16.7 Å². The second-order valence-electron chi connectivity index (χ2n) is 7.43. The number of rotatable bonds is 3. The Balaban J connectivity index is 2.26. The number of methoxy groups -OCH3 is 2. The van der Waals surface area contributed by atoms with Gasteiger partial charge in [0.2, 0.25) is 5.88 Å². The van der Waals surface area contributed by atoms with Gasteiger partial charge in [-0.3, -0.25) is 4.79 Å². The van der Waals surface area contributed by atoms with E-state index in [0.29, 0.717) is 45.7 Å². The average Bonchev–Trinajstić information content (AvgIpc) is 2.59. The SMILES string of the molecule is COc1cc(OC)c(C2C(C#N)=C(N)OC3=C2C(=O)CC(C)(C)C3)cc1Br. The number of ether oxygens (including phenoxy) is 3. The standard InChI is InChI=1S/C20H21BrN2O4/c1-20(2)7-13(24)18-16(8-20)27-19(23)11(9-22)17(18)10-5-12(21)15(26-4)6-14(10)25-3/h5-6,17H,7-8,23H2,1-4H3. The van der Waals surface area contributed by atoms with Gasteiger partial charge in [-0.05, 0) is 27.4 Å². The molecule has 0 fully saturated rings. The van der Waals surface area contributed by atoms with Crippen molar-refractivity contribution in [2.75, 3.05) is 14.2 Å². The van der Waals surface area contributed by atoms with Crippen molar-refractivity contribution in [3.63, 3.8) is 0 Å². The molecule has 1 aromatic rings. The number of hydrogen-bond acceptors (Lipinski definition) is 6. The van der Waals surface area contributed by atoms with Crippen LogP contribution in [0.1, 0.15) is 38.2 Å². The summed E-state index contributed by atoms with van der Waals surface area (Å²) in [5.41, 5.74) is 7.18. The van der Waals surface area contributed by atoms with Crippen molar-refractivity contribution in [2.45, 2.75) is 32.6 Å². The van der Waals surface area contributed by atoms with E-state index >= 15 is 0 Å². The lowest BCUT2D eigenvalue weighted by Gasteiger charge is -2.37. The quantitative estimate of drug-likeness (QED) is 0.777. The van der Waals surface area contributed by atoms with Crippen LogP contribution in [0.5, 0.6) is 11.5 Å². The molecule has 6 nitrogen and oxygen atoms in total. The van der Waals surface area contributed by atoms with E-state index in [0.717, 1.165) is 0 Å². The molecule has 0 aromatic heterocycles. The minimum atomic E-state index is -0.639. The van der Waals surface area contributed by atoms with E-state index in [9.17, 15) is 10.1 Å². The molecule has 1 aliphatic carbocycles. The molecule has 0 saturated heterocycles. The second-order valence-corrected chi connectivity index (χ2v) is 8.29. The summed E-state index contributed by atoms with van der Waals surface area (Å²) in [5, 5.41) is 9.73. The molecule has 2 aliphatic rings. The molecule has 0 spiro atoms. The minimum Gasteiger partial charge on any atom is -0.496 e. The molecule has 3 rings (SSSR count). The first kappa shape index (κ1) is 19.3. The van der Waals surface area contributed by atoms with Crippen molar-refractivity contribution in [1.29, 1.82) is 5.26 Å². The zero-order valence-corrected chi connectivity index (χ0v) is 17.3. The summed E-state index contributed by atoms with van der Waals surface area (Å²) >= 11 is 3.47. The first-order valence-electron chi connectivity index (χ1n) is 8.47. The Kier molecular flexibility index (Phi) is 4.96. The van der Waals surface area contributed by atoms with Gasteiger partial charge in [-0.25, -0.2) is 0 Å². The first-order valence-corrected chi connectivity index (χ1v) is 9.27. The summed E-state index contributed by atoms with van der Waals surface area (Å²) in [6.45, 7) is 4.02. The van der Waals surface area contributed by atoms with Gasteiger partial charge in [0.05, 0.1) is 24.6 Å². The summed E-state index contributed by atoms with van der Waals surface area (Å²) in [6, 6.07) is 5.64. The molecule has 1 unspecified atom stereocenters. The number of halogens is 1. The molecule has 1 aliphatic heterocycles. The van der Waals surface area contributed by atoms with Gasteiger partial charge in [0.15, 0.2) is 5.78 Å². The fourth-order valence-corrected chi connectivity index (χ4v) is 4.23. The number of ketones is 1. The van der Waals surface area contributed by atoms with Crippen molar-refractivity contribution in [3.8, 4) is 17.6 Å². The van der Waals surface area contributed by atoms with Gasteiger partial charge in [0, 0.05) is 30.0 Å². The van der Waals surface area contributed by atoms with E-state index in [4.69, 9.17) is 19.9 Å². The number of hydrogen-bond donors (Lipinski definition) is 1. The lowest BCUT2D eigenvalue weighted by molar-refractivity contribution is -0.119. The van der Waals surface area contributed by atoms with E-state index in [1.54, 1.807) is 19.2 Å². The maximum absolute atomic E-state index is 13.0. The minimum absolute atomic E-state index is 0.0285. The lowest BCUT2D eigenvalue weighted by atomic mass is 9.70. The van der Waals surface area contributed by atoms with Gasteiger partial charge in [-0.15, -0.1) is 0 Å². The van der Waals surface area contributed by atoms with E-state index in [-0.39, 0.29) is 22.7 Å². The number of Topliss-reactive ketones (excluding diaryl/α,β-unsaturated/α-hetero) is 1. The summed E-state index contributed by atoms with van der Waals surface area (Å²) in [4.78, 5) is 13.0. The fraction of sp³-hybridized carbons (Fsp3) is 0.400. The third kappa shape index (κ3) is 3.30.